The van der Waals surface area contributed by atoms with Gasteiger partial charge in [0, 0.05) is 44.0 Å². The summed E-state index contributed by atoms with van der Waals surface area (Å²) in [5, 5.41) is 0. The Morgan fingerprint density at radius 1 is 1.58 bits per heavy atom. The summed E-state index contributed by atoms with van der Waals surface area (Å²) in [7, 11) is 0. The largest absolute Gasteiger partial charge is 0.374 e. The SMILES string of the molecule is CCn1ccnc1CC(N)C1CN2CCCC2CO1. The molecule has 106 valence electrons. The summed E-state index contributed by atoms with van der Waals surface area (Å²) in [5.41, 5.74) is 6.34. The van der Waals surface area contributed by atoms with Crippen molar-refractivity contribution in [2.75, 3.05) is 19.7 Å². The van der Waals surface area contributed by atoms with E-state index < -0.39 is 0 Å². The van der Waals surface area contributed by atoms with Gasteiger partial charge in [-0.1, -0.05) is 0 Å². The summed E-state index contributed by atoms with van der Waals surface area (Å²) in [4.78, 5) is 6.94. The Balaban J connectivity index is 1.59. The molecule has 2 aliphatic rings. The van der Waals surface area contributed by atoms with Crippen LogP contribution in [0.3, 0.4) is 0 Å². The first kappa shape index (κ1) is 13.1. The fraction of sp³-hybridized carbons (Fsp3) is 0.786. The molecular formula is C14H24N4O. The number of aryl methyl sites for hydroxylation is 1. The van der Waals surface area contributed by atoms with E-state index in [9.17, 15) is 0 Å². The summed E-state index contributed by atoms with van der Waals surface area (Å²) in [5.74, 6) is 1.07. The molecule has 0 aliphatic carbocycles. The monoisotopic (exact) mass is 264 g/mol. The van der Waals surface area contributed by atoms with Crippen molar-refractivity contribution in [1.29, 1.82) is 0 Å². The Morgan fingerprint density at radius 2 is 2.47 bits per heavy atom. The van der Waals surface area contributed by atoms with Gasteiger partial charge in [0.25, 0.3) is 0 Å². The summed E-state index contributed by atoms with van der Waals surface area (Å²) in [6.07, 6.45) is 7.39. The molecule has 3 atom stereocenters. The Bertz CT molecular complexity index is 419. The van der Waals surface area contributed by atoms with Crippen molar-refractivity contribution in [3.63, 3.8) is 0 Å². The van der Waals surface area contributed by atoms with Gasteiger partial charge in [0.05, 0.1) is 12.7 Å². The van der Waals surface area contributed by atoms with Crippen LogP contribution in [0.1, 0.15) is 25.6 Å². The van der Waals surface area contributed by atoms with Gasteiger partial charge in [0.15, 0.2) is 0 Å². The molecule has 1 aromatic rings. The number of morpholine rings is 1. The second kappa shape index (κ2) is 5.61. The van der Waals surface area contributed by atoms with Gasteiger partial charge in [-0.15, -0.1) is 0 Å². The molecule has 0 amide bonds. The summed E-state index contributed by atoms with van der Waals surface area (Å²) in [6.45, 7) is 6.12. The van der Waals surface area contributed by atoms with Gasteiger partial charge in [-0.3, -0.25) is 4.90 Å². The van der Waals surface area contributed by atoms with Gasteiger partial charge >= 0.3 is 0 Å². The van der Waals surface area contributed by atoms with Crippen LogP contribution in [0.4, 0.5) is 0 Å². The van der Waals surface area contributed by atoms with Crippen molar-refractivity contribution in [3.05, 3.63) is 18.2 Å². The molecule has 1 aromatic heterocycles. The number of fused-ring (bicyclic) bond motifs is 1. The highest BCUT2D eigenvalue weighted by molar-refractivity contribution is 4.98. The number of nitrogens with zero attached hydrogens (tertiary/aromatic N) is 3. The van der Waals surface area contributed by atoms with Crippen LogP contribution in [-0.4, -0.2) is 52.3 Å². The lowest BCUT2D eigenvalue weighted by Gasteiger charge is -2.37. The molecule has 2 N–H and O–H groups in total. The van der Waals surface area contributed by atoms with Crippen LogP contribution in [0.15, 0.2) is 12.4 Å². The van der Waals surface area contributed by atoms with Crippen LogP contribution in [0.2, 0.25) is 0 Å². The van der Waals surface area contributed by atoms with Gasteiger partial charge < -0.3 is 15.0 Å². The molecule has 0 aromatic carbocycles. The first-order valence-corrected chi connectivity index (χ1v) is 7.39. The van der Waals surface area contributed by atoms with Crippen LogP contribution in [0, 0.1) is 0 Å². The van der Waals surface area contributed by atoms with Crippen molar-refractivity contribution in [3.8, 4) is 0 Å². The van der Waals surface area contributed by atoms with E-state index in [4.69, 9.17) is 10.5 Å². The topological polar surface area (TPSA) is 56.3 Å². The molecule has 0 radical (unpaired) electrons. The summed E-state index contributed by atoms with van der Waals surface area (Å²) in [6, 6.07) is 0.676. The maximum absolute atomic E-state index is 6.34. The molecule has 2 fully saturated rings. The van der Waals surface area contributed by atoms with E-state index in [-0.39, 0.29) is 12.1 Å². The summed E-state index contributed by atoms with van der Waals surface area (Å²) >= 11 is 0. The fourth-order valence-electron chi connectivity index (χ4n) is 3.26. The second-order valence-electron chi connectivity index (χ2n) is 5.66. The second-order valence-corrected chi connectivity index (χ2v) is 5.66. The van der Waals surface area contributed by atoms with Gasteiger partial charge in [-0.25, -0.2) is 4.98 Å². The molecule has 2 saturated heterocycles. The molecule has 3 unspecified atom stereocenters. The third-order valence-corrected chi connectivity index (χ3v) is 4.45. The van der Waals surface area contributed by atoms with Crippen molar-refractivity contribution < 1.29 is 4.74 Å². The van der Waals surface area contributed by atoms with Gasteiger partial charge in [-0.05, 0) is 26.3 Å². The van der Waals surface area contributed by atoms with Gasteiger partial charge in [0.2, 0.25) is 0 Å². The van der Waals surface area contributed by atoms with E-state index in [1.54, 1.807) is 0 Å². The summed E-state index contributed by atoms with van der Waals surface area (Å²) < 4.78 is 8.13. The highest BCUT2D eigenvalue weighted by Gasteiger charge is 2.34. The highest BCUT2D eigenvalue weighted by Crippen LogP contribution is 2.24. The number of hydrogen-bond donors (Lipinski definition) is 1. The van der Waals surface area contributed by atoms with Crippen LogP contribution in [-0.2, 0) is 17.7 Å². The average Bonchev–Trinajstić information content (AvgIpc) is 3.05. The number of rotatable bonds is 4. The van der Waals surface area contributed by atoms with Crippen LogP contribution in [0.5, 0.6) is 0 Å². The van der Waals surface area contributed by atoms with E-state index in [0.29, 0.717) is 6.04 Å². The van der Waals surface area contributed by atoms with Crippen molar-refractivity contribution >= 4 is 0 Å². The van der Waals surface area contributed by atoms with Crippen molar-refractivity contribution in [2.24, 2.45) is 5.73 Å². The maximum atomic E-state index is 6.34. The van der Waals surface area contributed by atoms with E-state index in [2.05, 4.69) is 21.4 Å². The predicted molar refractivity (Wildman–Crippen MR) is 73.9 cm³/mol. The maximum Gasteiger partial charge on any atom is 0.110 e. The quantitative estimate of drug-likeness (QED) is 0.867. The molecule has 3 heterocycles. The minimum absolute atomic E-state index is 0.0363. The standard InChI is InChI=1S/C14H24N4O/c1-2-17-7-5-16-14(17)8-12(15)13-9-18-6-3-4-11(18)10-19-13/h5,7,11-13H,2-4,6,8-10,15H2,1H3. The molecule has 3 rings (SSSR count). The zero-order valence-corrected chi connectivity index (χ0v) is 11.7. The van der Waals surface area contributed by atoms with Gasteiger partial charge in [0.1, 0.15) is 5.82 Å². The molecule has 5 nitrogen and oxygen atoms in total. The molecule has 0 bridgehead atoms. The van der Waals surface area contributed by atoms with Crippen molar-refractivity contribution in [2.45, 2.75) is 50.9 Å². The Labute approximate surface area is 114 Å². The lowest BCUT2D eigenvalue weighted by atomic mass is 10.0. The number of imidazole rings is 1. The number of hydrogen-bond acceptors (Lipinski definition) is 4. The fourth-order valence-corrected chi connectivity index (χ4v) is 3.26. The smallest absolute Gasteiger partial charge is 0.110 e. The molecule has 5 heteroatoms. The number of ether oxygens (including phenoxy) is 1. The molecule has 0 saturated carbocycles. The lowest BCUT2D eigenvalue weighted by molar-refractivity contribution is -0.0592. The van der Waals surface area contributed by atoms with Crippen LogP contribution in [0.25, 0.3) is 0 Å². The molecule has 0 spiro atoms. The Hall–Kier alpha value is -0.910. The van der Waals surface area contributed by atoms with E-state index >= 15 is 0 Å². The molecule has 19 heavy (non-hydrogen) atoms. The van der Waals surface area contributed by atoms with E-state index in [1.165, 1.54) is 19.4 Å². The zero-order chi connectivity index (χ0) is 13.2. The minimum atomic E-state index is 0.0363. The van der Waals surface area contributed by atoms with Gasteiger partial charge in [-0.2, -0.15) is 0 Å². The molecular weight excluding hydrogens is 240 g/mol. The average molecular weight is 264 g/mol. The van der Waals surface area contributed by atoms with E-state index in [0.717, 1.165) is 31.9 Å². The Morgan fingerprint density at radius 3 is 3.32 bits per heavy atom. The minimum Gasteiger partial charge on any atom is -0.374 e. The number of nitrogens with two attached hydrogens (primary N) is 1. The predicted octanol–water partition coefficient (Wildman–Crippen LogP) is 0.636. The Kier molecular flexibility index (Phi) is 3.86. The first-order valence-electron chi connectivity index (χ1n) is 7.39. The lowest BCUT2D eigenvalue weighted by Crippen LogP contribution is -2.53. The third-order valence-electron chi connectivity index (χ3n) is 4.45. The number of aromatic nitrogens is 2. The van der Waals surface area contributed by atoms with Crippen molar-refractivity contribution in [1.82, 2.24) is 14.5 Å². The first-order chi connectivity index (χ1) is 9.28. The third kappa shape index (κ3) is 2.68. The molecule has 2 aliphatic heterocycles. The normalized spacial score (nSPS) is 29.4. The van der Waals surface area contributed by atoms with Crippen LogP contribution >= 0.6 is 0 Å². The zero-order valence-electron chi connectivity index (χ0n) is 11.7. The highest BCUT2D eigenvalue weighted by atomic mass is 16.5. The van der Waals surface area contributed by atoms with Crippen LogP contribution < -0.4 is 5.73 Å². The van der Waals surface area contributed by atoms with E-state index in [1.807, 2.05) is 12.4 Å².